The van der Waals surface area contributed by atoms with Crippen LogP contribution in [-0.4, -0.2) is 24.4 Å². The van der Waals surface area contributed by atoms with Crippen LogP contribution in [0.5, 0.6) is 17.2 Å². The van der Waals surface area contributed by atoms with Gasteiger partial charge in [0, 0.05) is 22.0 Å². The van der Waals surface area contributed by atoms with Crippen molar-refractivity contribution < 1.29 is 14.2 Å². The fourth-order valence-corrected chi connectivity index (χ4v) is 4.45. The summed E-state index contributed by atoms with van der Waals surface area (Å²) in [6.45, 7) is 2.54. The number of hydrogen-bond donors (Lipinski definition) is 0. The number of halogens is 1. The van der Waals surface area contributed by atoms with Crippen molar-refractivity contribution in [1.29, 1.82) is 0 Å². The molecule has 0 fully saturated rings. The summed E-state index contributed by atoms with van der Waals surface area (Å²) in [6.07, 6.45) is 0.476. The summed E-state index contributed by atoms with van der Waals surface area (Å²) in [6, 6.07) is 22.6. The van der Waals surface area contributed by atoms with E-state index in [4.69, 9.17) is 19.3 Å². The first-order chi connectivity index (χ1) is 15.2. The van der Waals surface area contributed by atoms with Crippen molar-refractivity contribution in [3.8, 4) is 17.2 Å². The first-order valence-corrected chi connectivity index (χ1v) is 11.1. The molecular formula is C25H23BrN2O3. The van der Waals surface area contributed by atoms with Crippen LogP contribution in [-0.2, 0) is 0 Å². The highest BCUT2D eigenvalue weighted by Crippen LogP contribution is 2.48. The molecule has 2 aliphatic heterocycles. The number of benzene rings is 3. The Morgan fingerprint density at radius 3 is 2.65 bits per heavy atom. The molecule has 0 unspecified atom stereocenters. The van der Waals surface area contributed by atoms with Gasteiger partial charge in [-0.2, -0.15) is 5.10 Å². The van der Waals surface area contributed by atoms with Crippen LogP contribution in [0.15, 0.2) is 76.3 Å². The molecule has 2 aliphatic rings. The van der Waals surface area contributed by atoms with Crippen molar-refractivity contribution >= 4 is 21.6 Å². The molecule has 2 heterocycles. The number of fused-ring (bicyclic) bond motifs is 3. The zero-order valence-corrected chi connectivity index (χ0v) is 19.0. The van der Waals surface area contributed by atoms with E-state index in [1.54, 1.807) is 7.11 Å². The lowest BCUT2D eigenvalue weighted by Crippen LogP contribution is -2.33. The molecule has 0 saturated heterocycles. The molecule has 5 nitrogen and oxygen atoms in total. The maximum Gasteiger partial charge on any atom is 0.214 e. The van der Waals surface area contributed by atoms with Crippen molar-refractivity contribution in [2.24, 2.45) is 5.10 Å². The Kier molecular flexibility index (Phi) is 5.32. The molecule has 0 radical (unpaired) electrons. The quantitative estimate of drug-likeness (QED) is 0.444. The Hall–Kier alpha value is -2.99. The Morgan fingerprint density at radius 1 is 1.06 bits per heavy atom. The highest BCUT2D eigenvalue weighted by Gasteiger charge is 2.41. The number of nitrogens with zero attached hydrogens (tertiary/aromatic N) is 2. The largest absolute Gasteiger partial charge is 0.493 e. The molecular weight excluding hydrogens is 456 g/mol. The summed E-state index contributed by atoms with van der Waals surface area (Å²) >= 11 is 3.51. The monoisotopic (exact) mass is 478 g/mol. The van der Waals surface area contributed by atoms with Gasteiger partial charge < -0.3 is 14.2 Å². The summed E-state index contributed by atoms with van der Waals surface area (Å²) in [5.41, 5.74) is 4.31. The van der Waals surface area contributed by atoms with Crippen LogP contribution in [0.4, 0.5) is 0 Å². The molecule has 31 heavy (non-hydrogen) atoms. The van der Waals surface area contributed by atoms with E-state index in [0.29, 0.717) is 12.4 Å². The van der Waals surface area contributed by atoms with Gasteiger partial charge in [0.15, 0.2) is 11.5 Å². The Bertz CT molecular complexity index is 1130. The molecule has 0 saturated carbocycles. The van der Waals surface area contributed by atoms with Crippen molar-refractivity contribution in [3.63, 3.8) is 0 Å². The number of rotatable bonds is 5. The van der Waals surface area contributed by atoms with Gasteiger partial charge in [-0.15, -0.1) is 0 Å². The average molecular weight is 479 g/mol. The number of methoxy groups -OCH3 is 1. The third-order valence-electron chi connectivity index (χ3n) is 5.65. The van der Waals surface area contributed by atoms with Crippen LogP contribution in [0.25, 0.3) is 0 Å². The average Bonchev–Trinajstić information content (AvgIpc) is 3.25. The van der Waals surface area contributed by atoms with Gasteiger partial charge in [-0.05, 0) is 48.9 Å². The fraction of sp³-hybridized carbons (Fsp3) is 0.240. The summed E-state index contributed by atoms with van der Waals surface area (Å²) in [5, 5.41) is 7.10. The first-order valence-electron chi connectivity index (χ1n) is 10.4. The molecule has 0 bridgehead atoms. The van der Waals surface area contributed by atoms with E-state index in [1.807, 2.05) is 37.3 Å². The number of hydrogen-bond acceptors (Lipinski definition) is 5. The number of hydrazone groups is 1. The lowest BCUT2D eigenvalue weighted by atomic mass is 9.96. The van der Waals surface area contributed by atoms with Crippen molar-refractivity contribution in [2.45, 2.75) is 25.6 Å². The maximum atomic E-state index is 6.45. The second-order valence-corrected chi connectivity index (χ2v) is 8.42. The molecule has 5 rings (SSSR count). The van der Waals surface area contributed by atoms with Gasteiger partial charge in [0.05, 0.1) is 25.5 Å². The highest BCUT2D eigenvalue weighted by molar-refractivity contribution is 9.10. The van der Waals surface area contributed by atoms with Crippen LogP contribution < -0.4 is 14.2 Å². The molecule has 158 valence electrons. The van der Waals surface area contributed by atoms with Gasteiger partial charge >= 0.3 is 0 Å². The summed E-state index contributed by atoms with van der Waals surface area (Å²) in [4.78, 5) is 0. The fourth-order valence-electron chi connectivity index (χ4n) is 4.18. The highest BCUT2D eigenvalue weighted by atomic mass is 79.9. The maximum absolute atomic E-state index is 6.45. The number of para-hydroxylation sites is 1. The van der Waals surface area contributed by atoms with E-state index in [0.717, 1.165) is 44.8 Å². The zero-order chi connectivity index (χ0) is 21.4. The molecule has 0 spiro atoms. The van der Waals surface area contributed by atoms with Crippen LogP contribution >= 0.6 is 15.9 Å². The molecule has 2 atom stereocenters. The standard InChI is InChI=1S/C25H23BrN2O3/c1-3-30-23-13-10-17(14-24(23)29-2)25-28-21(19-6-4-5-7-22(19)31-25)15-20(27-28)16-8-11-18(26)12-9-16/h4-14,21,25H,3,15H2,1-2H3/t21-,25-/m1/s1. The lowest BCUT2D eigenvalue weighted by Gasteiger charge is -2.38. The minimum atomic E-state index is -0.350. The molecule has 0 aliphatic carbocycles. The summed E-state index contributed by atoms with van der Waals surface area (Å²) < 4.78 is 18.8. The van der Waals surface area contributed by atoms with Gasteiger partial charge in [0.25, 0.3) is 0 Å². The second-order valence-electron chi connectivity index (χ2n) is 7.50. The van der Waals surface area contributed by atoms with Crippen LogP contribution in [0.3, 0.4) is 0 Å². The topological polar surface area (TPSA) is 43.3 Å². The van der Waals surface area contributed by atoms with E-state index < -0.39 is 0 Å². The van der Waals surface area contributed by atoms with Gasteiger partial charge in [-0.25, -0.2) is 5.01 Å². The minimum absolute atomic E-state index is 0.117. The summed E-state index contributed by atoms with van der Waals surface area (Å²) in [5.74, 6) is 2.31. The van der Waals surface area contributed by atoms with Crippen LogP contribution in [0.2, 0.25) is 0 Å². The van der Waals surface area contributed by atoms with Gasteiger partial charge in [-0.1, -0.05) is 46.3 Å². The SMILES string of the molecule is CCOc1ccc([C@H]2Oc3ccccc3[C@H]3CC(c4ccc(Br)cc4)=NN32)cc1OC. The molecule has 0 N–H and O–H groups in total. The van der Waals surface area contributed by atoms with Gasteiger partial charge in [0.2, 0.25) is 6.23 Å². The Morgan fingerprint density at radius 2 is 1.87 bits per heavy atom. The van der Waals surface area contributed by atoms with E-state index in [-0.39, 0.29) is 12.3 Å². The van der Waals surface area contributed by atoms with Crippen LogP contribution in [0, 0.1) is 0 Å². The van der Waals surface area contributed by atoms with E-state index >= 15 is 0 Å². The van der Waals surface area contributed by atoms with Crippen molar-refractivity contribution in [1.82, 2.24) is 5.01 Å². The second kappa shape index (κ2) is 8.27. The smallest absolute Gasteiger partial charge is 0.214 e. The molecule has 3 aromatic carbocycles. The predicted octanol–water partition coefficient (Wildman–Crippen LogP) is 6.10. The summed E-state index contributed by atoms with van der Waals surface area (Å²) in [7, 11) is 1.65. The Balaban J connectivity index is 1.56. The van der Waals surface area contributed by atoms with E-state index in [2.05, 4.69) is 57.3 Å². The number of ether oxygens (including phenoxy) is 3. The third kappa shape index (κ3) is 3.65. The molecule has 3 aromatic rings. The third-order valence-corrected chi connectivity index (χ3v) is 6.18. The van der Waals surface area contributed by atoms with Gasteiger partial charge in [0.1, 0.15) is 5.75 Å². The first kappa shape index (κ1) is 19.9. The predicted molar refractivity (Wildman–Crippen MR) is 124 cm³/mol. The minimum Gasteiger partial charge on any atom is -0.493 e. The van der Waals surface area contributed by atoms with Crippen LogP contribution in [0.1, 0.15) is 42.3 Å². The molecule has 0 amide bonds. The van der Waals surface area contributed by atoms with E-state index in [1.165, 1.54) is 0 Å². The van der Waals surface area contributed by atoms with Crippen molar-refractivity contribution in [2.75, 3.05) is 13.7 Å². The zero-order valence-electron chi connectivity index (χ0n) is 17.4. The lowest BCUT2D eigenvalue weighted by molar-refractivity contribution is -0.0191. The van der Waals surface area contributed by atoms with Gasteiger partial charge in [-0.3, -0.25) is 0 Å². The van der Waals surface area contributed by atoms with E-state index in [9.17, 15) is 0 Å². The molecule has 6 heteroatoms. The molecule has 0 aromatic heterocycles. The Labute approximate surface area is 190 Å². The van der Waals surface area contributed by atoms with Crippen molar-refractivity contribution in [3.05, 3.63) is 87.9 Å². The normalized spacial score (nSPS) is 19.2.